The van der Waals surface area contributed by atoms with Gasteiger partial charge in [0.1, 0.15) is 0 Å². The minimum Gasteiger partial charge on any atom is -0.142 e. The lowest BCUT2D eigenvalue weighted by Crippen LogP contribution is -1.85. The number of thiophene rings is 2. The summed E-state index contributed by atoms with van der Waals surface area (Å²) < 4.78 is 4.51. The number of rotatable bonds is 11. The van der Waals surface area contributed by atoms with E-state index in [2.05, 4.69) is 36.6 Å². The Labute approximate surface area is 154 Å². The lowest BCUT2D eigenvalue weighted by atomic mass is 10.0. The molecular formula is C22H30S2. The third-order valence-electron chi connectivity index (χ3n) is 4.96. The number of hydrogen-bond donors (Lipinski definition) is 0. The third-order valence-corrected chi connectivity index (χ3v) is 7.40. The minimum atomic E-state index is 1.27. The molecule has 0 N–H and O–H groups in total. The first-order valence-electron chi connectivity index (χ1n) is 9.77. The van der Waals surface area contributed by atoms with Crippen LogP contribution in [0.15, 0.2) is 29.6 Å². The molecule has 2 heteroatoms. The monoisotopic (exact) mass is 358 g/mol. The number of hydrogen-bond acceptors (Lipinski definition) is 2. The summed E-state index contributed by atoms with van der Waals surface area (Å²) >= 11 is 3.93. The fourth-order valence-electron chi connectivity index (χ4n) is 3.51. The van der Waals surface area contributed by atoms with Crippen molar-refractivity contribution in [2.45, 2.75) is 77.6 Å². The maximum atomic E-state index is 2.40. The van der Waals surface area contributed by atoms with Crippen LogP contribution < -0.4 is 0 Å². The molecule has 0 nitrogen and oxygen atoms in total. The van der Waals surface area contributed by atoms with Gasteiger partial charge in [0.15, 0.2) is 0 Å². The SMILES string of the molecule is CCCCCCCCCCCCc1csc2c1sc1ccccc12. The minimum absolute atomic E-state index is 1.27. The molecular weight excluding hydrogens is 328 g/mol. The van der Waals surface area contributed by atoms with E-state index in [1.165, 1.54) is 85.4 Å². The van der Waals surface area contributed by atoms with Crippen LogP contribution in [-0.2, 0) is 6.42 Å². The molecule has 0 amide bonds. The van der Waals surface area contributed by atoms with Gasteiger partial charge < -0.3 is 0 Å². The van der Waals surface area contributed by atoms with Crippen molar-refractivity contribution in [3.63, 3.8) is 0 Å². The predicted molar refractivity (Wildman–Crippen MR) is 113 cm³/mol. The van der Waals surface area contributed by atoms with Gasteiger partial charge in [-0.2, -0.15) is 0 Å². The first-order valence-corrected chi connectivity index (χ1v) is 11.5. The first kappa shape index (κ1) is 17.9. The van der Waals surface area contributed by atoms with Gasteiger partial charge in [-0.05, 0) is 29.9 Å². The van der Waals surface area contributed by atoms with Gasteiger partial charge in [0.05, 0.1) is 4.70 Å². The highest BCUT2D eigenvalue weighted by Gasteiger charge is 2.10. The fraction of sp³-hybridized carbons (Fsp3) is 0.545. The molecule has 0 saturated heterocycles. The molecule has 2 aromatic heterocycles. The van der Waals surface area contributed by atoms with E-state index in [0.29, 0.717) is 0 Å². The van der Waals surface area contributed by atoms with Gasteiger partial charge in [-0.3, -0.25) is 0 Å². The Kier molecular flexibility index (Phi) is 7.16. The molecule has 0 fully saturated rings. The lowest BCUT2D eigenvalue weighted by molar-refractivity contribution is 0.556. The highest BCUT2D eigenvalue weighted by atomic mass is 32.1. The second kappa shape index (κ2) is 9.58. The van der Waals surface area contributed by atoms with Gasteiger partial charge in [0.2, 0.25) is 0 Å². The van der Waals surface area contributed by atoms with Crippen molar-refractivity contribution < 1.29 is 0 Å². The summed E-state index contributed by atoms with van der Waals surface area (Å²) in [5.41, 5.74) is 1.59. The average Bonchev–Trinajstić information content (AvgIpc) is 3.16. The van der Waals surface area contributed by atoms with Crippen molar-refractivity contribution in [2.75, 3.05) is 0 Å². The molecule has 3 aromatic rings. The molecule has 0 atom stereocenters. The summed E-state index contributed by atoms with van der Waals surface area (Å²) in [5.74, 6) is 0. The zero-order valence-corrected chi connectivity index (χ0v) is 16.6. The van der Waals surface area contributed by atoms with Crippen LogP contribution in [0, 0.1) is 0 Å². The van der Waals surface area contributed by atoms with E-state index in [4.69, 9.17) is 0 Å². The summed E-state index contributed by atoms with van der Waals surface area (Å²) in [6.07, 6.45) is 15.5. The smallest absolute Gasteiger partial charge is 0.0532 e. The van der Waals surface area contributed by atoms with Crippen LogP contribution in [0.25, 0.3) is 19.5 Å². The van der Waals surface area contributed by atoms with Crippen molar-refractivity contribution in [2.24, 2.45) is 0 Å². The molecule has 0 spiro atoms. The Balaban J connectivity index is 1.37. The van der Waals surface area contributed by atoms with E-state index < -0.39 is 0 Å². The number of fused-ring (bicyclic) bond motifs is 3. The van der Waals surface area contributed by atoms with Crippen molar-refractivity contribution in [3.8, 4) is 0 Å². The Morgan fingerprint density at radius 1 is 0.750 bits per heavy atom. The summed E-state index contributed by atoms with van der Waals surface area (Å²) in [5, 5.41) is 3.86. The topological polar surface area (TPSA) is 0 Å². The molecule has 0 aliphatic rings. The maximum Gasteiger partial charge on any atom is 0.0532 e. The van der Waals surface area contributed by atoms with Gasteiger partial charge in [-0.15, -0.1) is 22.7 Å². The van der Waals surface area contributed by atoms with Crippen molar-refractivity contribution in [1.29, 1.82) is 0 Å². The summed E-state index contributed by atoms with van der Waals surface area (Å²) in [4.78, 5) is 0. The van der Waals surface area contributed by atoms with E-state index >= 15 is 0 Å². The molecule has 24 heavy (non-hydrogen) atoms. The molecule has 1 aromatic carbocycles. The Hall–Kier alpha value is -0.860. The van der Waals surface area contributed by atoms with E-state index in [0.717, 1.165) is 0 Å². The van der Waals surface area contributed by atoms with E-state index in [9.17, 15) is 0 Å². The normalized spacial score (nSPS) is 11.7. The number of benzene rings is 1. The highest BCUT2D eigenvalue weighted by molar-refractivity contribution is 7.32. The van der Waals surface area contributed by atoms with Gasteiger partial charge in [0.25, 0.3) is 0 Å². The van der Waals surface area contributed by atoms with Crippen LogP contribution in [0.5, 0.6) is 0 Å². The maximum absolute atomic E-state index is 2.40. The molecule has 0 unspecified atom stereocenters. The van der Waals surface area contributed by atoms with Crippen molar-refractivity contribution >= 4 is 42.2 Å². The van der Waals surface area contributed by atoms with Crippen LogP contribution in [0.4, 0.5) is 0 Å². The largest absolute Gasteiger partial charge is 0.142 e. The number of unbranched alkanes of at least 4 members (excludes halogenated alkanes) is 9. The quantitative estimate of drug-likeness (QED) is 0.301. The highest BCUT2D eigenvalue weighted by Crippen LogP contribution is 2.40. The standard InChI is InChI=1S/C22H30S2/c1-2-3-4-5-6-7-8-9-10-11-14-18-17-23-22-19-15-12-13-16-20(19)24-21(18)22/h12-13,15-17H,2-11,14H2,1H3. The van der Waals surface area contributed by atoms with Crippen LogP contribution >= 0.6 is 22.7 Å². The third kappa shape index (κ3) is 4.61. The zero-order valence-electron chi connectivity index (χ0n) is 15.0. The average molecular weight is 359 g/mol. The van der Waals surface area contributed by atoms with Crippen LogP contribution in [0.2, 0.25) is 0 Å². The predicted octanol–water partition coefficient (Wildman–Crippen LogP) is 8.58. The van der Waals surface area contributed by atoms with Gasteiger partial charge in [0, 0.05) is 14.8 Å². The number of aryl methyl sites for hydroxylation is 1. The molecule has 3 rings (SSSR count). The van der Waals surface area contributed by atoms with E-state index in [-0.39, 0.29) is 0 Å². The molecule has 2 heterocycles. The van der Waals surface area contributed by atoms with Crippen LogP contribution in [0.3, 0.4) is 0 Å². The Bertz CT molecular complexity index is 735. The van der Waals surface area contributed by atoms with Crippen molar-refractivity contribution in [1.82, 2.24) is 0 Å². The lowest BCUT2D eigenvalue weighted by Gasteiger charge is -2.02. The first-order chi connectivity index (χ1) is 11.9. The van der Waals surface area contributed by atoms with E-state index in [1.807, 2.05) is 22.7 Å². The van der Waals surface area contributed by atoms with Crippen LogP contribution in [-0.4, -0.2) is 0 Å². The van der Waals surface area contributed by atoms with Crippen molar-refractivity contribution in [3.05, 3.63) is 35.2 Å². The van der Waals surface area contributed by atoms with E-state index in [1.54, 1.807) is 10.3 Å². The molecule has 130 valence electrons. The molecule has 0 aliphatic carbocycles. The van der Waals surface area contributed by atoms with Crippen LogP contribution in [0.1, 0.15) is 76.7 Å². The van der Waals surface area contributed by atoms with Gasteiger partial charge in [-0.25, -0.2) is 0 Å². The molecule has 0 bridgehead atoms. The second-order valence-corrected chi connectivity index (χ2v) is 8.88. The summed E-state index contributed by atoms with van der Waals surface area (Å²) in [7, 11) is 0. The zero-order chi connectivity index (χ0) is 16.6. The molecule has 0 aliphatic heterocycles. The Morgan fingerprint density at radius 3 is 2.17 bits per heavy atom. The molecule has 0 saturated carbocycles. The summed E-state index contributed by atoms with van der Waals surface area (Å²) in [6.45, 7) is 2.29. The second-order valence-electron chi connectivity index (χ2n) is 6.95. The summed E-state index contributed by atoms with van der Waals surface area (Å²) in [6, 6.07) is 8.85. The fourth-order valence-corrected chi connectivity index (χ4v) is 6.10. The van der Waals surface area contributed by atoms with Gasteiger partial charge in [-0.1, -0.05) is 82.9 Å². The van der Waals surface area contributed by atoms with Gasteiger partial charge >= 0.3 is 0 Å². The Morgan fingerprint density at radius 2 is 1.42 bits per heavy atom. The molecule has 0 radical (unpaired) electrons.